The molecule has 0 aliphatic heterocycles. The van der Waals surface area contributed by atoms with E-state index in [0.29, 0.717) is 5.56 Å². The summed E-state index contributed by atoms with van der Waals surface area (Å²) in [7, 11) is 1.74. The van der Waals surface area contributed by atoms with Gasteiger partial charge in [-0.15, -0.1) is 0 Å². The van der Waals surface area contributed by atoms with Crippen molar-refractivity contribution < 1.29 is 10.2 Å². The fourth-order valence-electron chi connectivity index (χ4n) is 1.15. The molecule has 0 saturated carbocycles. The van der Waals surface area contributed by atoms with Crippen LogP contribution >= 0.6 is 15.9 Å². The third kappa shape index (κ3) is 2.43. The highest BCUT2D eigenvalue weighted by Crippen LogP contribution is 2.26. The van der Waals surface area contributed by atoms with E-state index in [1.54, 1.807) is 25.2 Å². The minimum Gasteiger partial charge on any atom is -0.508 e. The van der Waals surface area contributed by atoms with Gasteiger partial charge in [-0.25, -0.2) is 0 Å². The number of halogens is 1. The second kappa shape index (κ2) is 4.60. The first kappa shape index (κ1) is 10.5. The minimum atomic E-state index is -0.225. The van der Waals surface area contributed by atoms with Crippen molar-refractivity contribution in [3.05, 3.63) is 28.2 Å². The second-order valence-electron chi connectivity index (χ2n) is 2.73. The summed E-state index contributed by atoms with van der Waals surface area (Å²) in [5, 5.41) is 21.4. The Bertz CT molecular complexity index is 287. The summed E-state index contributed by atoms with van der Waals surface area (Å²) in [6, 6.07) is 4.91. The zero-order chi connectivity index (χ0) is 9.84. The van der Waals surface area contributed by atoms with E-state index in [1.165, 1.54) is 0 Å². The SMILES string of the molecule is CN[C@@H](CO)c1cc(Br)ccc1O. The summed E-state index contributed by atoms with van der Waals surface area (Å²) >= 11 is 3.30. The molecule has 0 saturated heterocycles. The van der Waals surface area contributed by atoms with E-state index in [0.717, 1.165) is 4.47 Å². The van der Waals surface area contributed by atoms with Gasteiger partial charge in [0.25, 0.3) is 0 Å². The van der Waals surface area contributed by atoms with Crippen LogP contribution in [-0.2, 0) is 0 Å². The highest BCUT2D eigenvalue weighted by atomic mass is 79.9. The number of benzene rings is 1. The monoisotopic (exact) mass is 245 g/mol. The minimum absolute atomic E-state index is 0.0412. The summed E-state index contributed by atoms with van der Waals surface area (Å²) in [5.41, 5.74) is 0.694. The predicted octanol–water partition coefficient (Wildman–Crippen LogP) is 1.41. The molecular formula is C9H12BrNO2. The van der Waals surface area contributed by atoms with E-state index in [2.05, 4.69) is 21.2 Å². The van der Waals surface area contributed by atoms with Crippen molar-refractivity contribution in [3.8, 4) is 5.75 Å². The van der Waals surface area contributed by atoms with Gasteiger partial charge in [0, 0.05) is 10.0 Å². The topological polar surface area (TPSA) is 52.5 Å². The summed E-state index contributed by atoms with van der Waals surface area (Å²) in [6.45, 7) is -0.0412. The van der Waals surface area contributed by atoms with Crippen LogP contribution in [0.2, 0.25) is 0 Å². The van der Waals surface area contributed by atoms with Crippen molar-refractivity contribution in [2.75, 3.05) is 13.7 Å². The third-order valence-electron chi connectivity index (χ3n) is 1.90. The Morgan fingerprint density at radius 2 is 2.23 bits per heavy atom. The van der Waals surface area contributed by atoms with Crippen LogP contribution in [0.3, 0.4) is 0 Å². The van der Waals surface area contributed by atoms with Crippen molar-refractivity contribution >= 4 is 15.9 Å². The maximum Gasteiger partial charge on any atom is 0.120 e. The Balaban J connectivity index is 3.03. The van der Waals surface area contributed by atoms with Crippen LogP contribution in [0.4, 0.5) is 0 Å². The Labute approximate surface area is 85.5 Å². The van der Waals surface area contributed by atoms with Crippen molar-refractivity contribution in [2.45, 2.75) is 6.04 Å². The van der Waals surface area contributed by atoms with Gasteiger partial charge >= 0.3 is 0 Å². The molecule has 0 spiro atoms. The summed E-state index contributed by atoms with van der Waals surface area (Å²) in [5.74, 6) is 0.191. The summed E-state index contributed by atoms with van der Waals surface area (Å²) < 4.78 is 0.883. The van der Waals surface area contributed by atoms with E-state index in [9.17, 15) is 5.11 Å². The molecule has 0 aliphatic rings. The van der Waals surface area contributed by atoms with Crippen LogP contribution in [0.5, 0.6) is 5.75 Å². The van der Waals surface area contributed by atoms with Crippen LogP contribution in [0, 0.1) is 0 Å². The largest absolute Gasteiger partial charge is 0.508 e. The zero-order valence-electron chi connectivity index (χ0n) is 7.29. The number of hydrogen-bond donors (Lipinski definition) is 3. The average molecular weight is 246 g/mol. The molecule has 1 rings (SSSR count). The van der Waals surface area contributed by atoms with Gasteiger partial charge in [0.15, 0.2) is 0 Å². The van der Waals surface area contributed by atoms with Gasteiger partial charge in [-0.3, -0.25) is 0 Å². The van der Waals surface area contributed by atoms with E-state index in [4.69, 9.17) is 5.11 Å². The normalized spacial score (nSPS) is 12.8. The molecule has 0 fully saturated rings. The van der Waals surface area contributed by atoms with Gasteiger partial charge < -0.3 is 15.5 Å². The molecule has 0 bridgehead atoms. The van der Waals surface area contributed by atoms with E-state index < -0.39 is 0 Å². The number of hydrogen-bond acceptors (Lipinski definition) is 3. The molecule has 0 amide bonds. The third-order valence-corrected chi connectivity index (χ3v) is 2.39. The molecule has 1 aromatic rings. The highest BCUT2D eigenvalue weighted by molar-refractivity contribution is 9.10. The van der Waals surface area contributed by atoms with Gasteiger partial charge in [0.1, 0.15) is 5.75 Å². The number of aliphatic hydroxyl groups is 1. The lowest BCUT2D eigenvalue weighted by molar-refractivity contribution is 0.248. The number of phenolic OH excluding ortho intramolecular Hbond substituents is 1. The zero-order valence-corrected chi connectivity index (χ0v) is 8.87. The van der Waals surface area contributed by atoms with Crippen LogP contribution in [0.1, 0.15) is 11.6 Å². The summed E-state index contributed by atoms with van der Waals surface area (Å²) in [4.78, 5) is 0. The second-order valence-corrected chi connectivity index (χ2v) is 3.64. The van der Waals surface area contributed by atoms with Gasteiger partial charge in [0.05, 0.1) is 12.6 Å². The van der Waals surface area contributed by atoms with Gasteiger partial charge in [-0.05, 0) is 25.2 Å². The van der Waals surface area contributed by atoms with Crippen LogP contribution < -0.4 is 5.32 Å². The average Bonchev–Trinajstić information content (AvgIpc) is 2.13. The lowest BCUT2D eigenvalue weighted by Crippen LogP contribution is -2.19. The fourth-order valence-corrected chi connectivity index (χ4v) is 1.53. The Hall–Kier alpha value is -0.580. The molecule has 0 aliphatic carbocycles. The Kier molecular flexibility index (Phi) is 3.71. The van der Waals surface area contributed by atoms with E-state index in [-0.39, 0.29) is 18.4 Å². The Morgan fingerprint density at radius 1 is 1.54 bits per heavy atom. The number of nitrogens with one attached hydrogen (secondary N) is 1. The molecule has 3 nitrogen and oxygen atoms in total. The van der Waals surface area contributed by atoms with Crippen LogP contribution in [-0.4, -0.2) is 23.9 Å². The van der Waals surface area contributed by atoms with E-state index in [1.807, 2.05) is 0 Å². The molecule has 4 heteroatoms. The lowest BCUT2D eigenvalue weighted by Gasteiger charge is -2.15. The van der Waals surface area contributed by atoms with Gasteiger partial charge in [-0.2, -0.15) is 0 Å². The molecule has 0 unspecified atom stereocenters. The molecule has 0 radical (unpaired) electrons. The van der Waals surface area contributed by atoms with Crippen molar-refractivity contribution in [3.63, 3.8) is 0 Å². The number of aliphatic hydroxyl groups excluding tert-OH is 1. The first-order valence-electron chi connectivity index (χ1n) is 3.95. The number of rotatable bonds is 3. The maximum absolute atomic E-state index is 9.50. The number of aromatic hydroxyl groups is 1. The van der Waals surface area contributed by atoms with Crippen LogP contribution in [0.15, 0.2) is 22.7 Å². The smallest absolute Gasteiger partial charge is 0.120 e. The quantitative estimate of drug-likeness (QED) is 0.755. The fraction of sp³-hybridized carbons (Fsp3) is 0.333. The van der Waals surface area contributed by atoms with Gasteiger partial charge in [0.2, 0.25) is 0 Å². The van der Waals surface area contributed by atoms with Gasteiger partial charge in [-0.1, -0.05) is 15.9 Å². The number of phenols is 1. The molecule has 3 N–H and O–H groups in total. The first-order chi connectivity index (χ1) is 6.19. The maximum atomic E-state index is 9.50. The van der Waals surface area contributed by atoms with Crippen LogP contribution in [0.25, 0.3) is 0 Å². The molecule has 1 aromatic carbocycles. The Morgan fingerprint density at radius 3 is 2.77 bits per heavy atom. The van der Waals surface area contributed by atoms with Crippen molar-refractivity contribution in [1.82, 2.24) is 5.32 Å². The summed E-state index contributed by atoms with van der Waals surface area (Å²) in [6.07, 6.45) is 0. The van der Waals surface area contributed by atoms with E-state index >= 15 is 0 Å². The molecule has 1 atom stereocenters. The van der Waals surface area contributed by atoms with Crippen molar-refractivity contribution in [1.29, 1.82) is 0 Å². The van der Waals surface area contributed by atoms with Crippen molar-refractivity contribution in [2.24, 2.45) is 0 Å². The molecule has 13 heavy (non-hydrogen) atoms. The lowest BCUT2D eigenvalue weighted by atomic mass is 10.1. The first-order valence-corrected chi connectivity index (χ1v) is 4.75. The predicted molar refractivity (Wildman–Crippen MR) is 54.7 cm³/mol. The molecular weight excluding hydrogens is 234 g/mol. The highest BCUT2D eigenvalue weighted by Gasteiger charge is 2.12. The standard InChI is InChI=1S/C9H12BrNO2/c1-11-8(5-12)7-4-6(10)2-3-9(7)13/h2-4,8,11-13H,5H2,1H3/t8-/m0/s1. The molecule has 0 aromatic heterocycles. The number of likely N-dealkylation sites (N-methyl/N-ethyl adjacent to an activating group) is 1. The molecule has 0 heterocycles. The molecule has 72 valence electrons.